The Morgan fingerprint density at radius 2 is 1.92 bits per heavy atom. The summed E-state index contributed by atoms with van der Waals surface area (Å²) in [6.07, 6.45) is 2.95. The third-order valence-electron chi connectivity index (χ3n) is 3.56. The molecule has 0 spiro atoms. The Morgan fingerprint density at radius 3 is 2.60 bits per heavy atom. The number of hydrogen-bond acceptors (Lipinski definition) is 3. The average Bonchev–Trinajstić information content (AvgIpc) is 2.97. The summed E-state index contributed by atoms with van der Waals surface area (Å²) >= 11 is 5.99. The fraction of sp³-hybridized carbons (Fsp3) is 0.118. The summed E-state index contributed by atoms with van der Waals surface area (Å²) in [6.45, 7) is 2.18. The first kappa shape index (κ1) is 17.4. The Bertz CT molecular complexity index is 1000. The minimum atomic E-state index is -3.68. The lowest BCUT2D eigenvalue weighted by Gasteiger charge is -2.06. The molecule has 0 atom stereocenters. The van der Waals surface area contributed by atoms with Gasteiger partial charge in [0.25, 0.3) is 10.0 Å². The van der Waals surface area contributed by atoms with Gasteiger partial charge in [-0.3, -0.25) is 9.40 Å². The molecule has 0 radical (unpaired) electrons. The van der Waals surface area contributed by atoms with E-state index in [1.807, 2.05) is 6.92 Å². The Labute approximate surface area is 150 Å². The smallest absolute Gasteiger partial charge is 0.261 e. The van der Waals surface area contributed by atoms with E-state index in [4.69, 9.17) is 11.6 Å². The van der Waals surface area contributed by atoms with Crippen LogP contribution in [-0.4, -0.2) is 18.2 Å². The number of hydrogen-bond donors (Lipinski definition) is 1. The molecule has 0 aliphatic heterocycles. The molecule has 0 fully saturated rings. The minimum absolute atomic E-state index is 0.174. The van der Waals surface area contributed by atoms with E-state index in [1.54, 1.807) is 36.5 Å². The lowest BCUT2D eigenvalue weighted by atomic mass is 10.2. The number of rotatable bonds is 5. The van der Waals surface area contributed by atoms with Crippen LogP contribution < -0.4 is 4.72 Å². The summed E-state index contributed by atoms with van der Waals surface area (Å²) in [5.74, 6) is -0.416. The van der Waals surface area contributed by atoms with Gasteiger partial charge in [-0.05, 0) is 36.8 Å². The molecule has 1 aromatic heterocycles. The van der Waals surface area contributed by atoms with Crippen LogP contribution in [0.5, 0.6) is 0 Å². The second-order valence-corrected chi connectivity index (χ2v) is 7.67. The first-order valence-corrected chi connectivity index (χ1v) is 9.25. The van der Waals surface area contributed by atoms with Gasteiger partial charge in [-0.1, -0.05) is 35.4 Å². The molecule has 0 amide bonds. The standard InChI is InChI=1S/C17H15ClFN3O2S/c1-12-2-6-16(7-3-12)25(23,24)21-15-9-20-22(11-15)10-13-4-5-14(19)8-17(13)18/h2-9,11,21H,10H2,1H3. The summed E-state index contributed by atoms with van der Waals surface area (Å²) in [5, 5.41) is 4.39. The molecule has 3 aromatic rings. The molecular formula is C17H15ClFN3O2S. The molecule has 2 aromatic carbocycles. The van der Waals surface area contributed by atoms with Gasteiger partial charge in [-0.25, -0.2) is 12.8 Å². The Hall–Kier alpha value is -2.38. The van der Waals surface area contributed by atoms with Crippen molar-refractivity contribution >= 4 is 27.3 Å². The van der Waals surface area contributed by atoms with Crippen molar-refractivity contribution in [3.8, 4) is 0 Å². The normalized spacial score (nSPS) is 11.5. The van der Waals surface area contributed by atoms with Crippen molar-refractivity contribution in [2.24, 2.45) is 0 Å². The van der Waals surface area contributed by atoms with Gasteiger partial charge in [-0.15, -0.1) is 0 Å². The number of anilines is 1. The van der Waals surface area contributed by atoms with Crippen LogP contribution in [0.4, 0.5) is 10.1 Å². The van der Waals surface area contributed by atoms with Crippen molar-refractivity contribution in [1.29, 1.82) is 0 Å². The molecule has 0 unspecified atom stereocenters. The summed E-state index contributed by atoms with van der Waals surface area (Å²) in [6, 6.07) is 10.6. The van der Waals surface area contributed by atoms with Crippen LogP contribution in [0.1, 0.15) is 11.1 Å². The quantitative estimate of drug-likeness (QED) is 0.732. The molecule has 25 heavy (non-hydrogen) atoms. The molecule has 1 N–H and O–H groups in total. The van der Waals surface area contributed by atoms with Crippen LogP contribution in [0.25, 0.3) is 0 Å². The molecule has 0 aliphatic rings. The molecule has 1 heterocycles. The molecule has 0 aliphatic carbocycles. The zero-order chi connectivity index (χ0) is 18.0. The van der Waals surface area contributed by atoms with E-state index in [0.29, 0.717) is 17.8 Å². The zero-order valence-corrected chi connectivity index (χ0v) is 14.9. The largest absolute Gasteiger partial charge is 0.276 e. The van der Waals surface area contributed by atoms with Crippen LogP contribution in [-0.2, 0) is 16.6 Å². The molecular weight excluding hydrogens is 365 g/mol. The molecule has 3 rings (SSSR count). The number of halogens is 2. The van der Waals surface area contributed by atoms with Gasteiger partial charge in [0.05, 0.1) is 23.3 Å². The minimum Gasteiger partial charge on any atom is -0.276 e. The second-order valence-electron chi connectivity index (χ2n) is 5.58. The summed E-state index contributed by atoms with van der Waals surface area (Å²) in [5.41, 5.74) is 1.99. The maximum atomic E-state index is 13.1. The van der Waals surface area contributed by atoms with Crippen molar-refractivity contribution in [2.45, 2.75) is 18.4 Å². The molecule has 0 saturated heterocycles. The number of aromatic nitrogens is 2. The topological polar surface area (TPSA) is 64.0 Å². The van der Waals surface area contributed by atoms with Crippen molar-refractivity contribution in [3.63, 3.8) is 0 Å². The third-order valence-corrected chi connectivity index (χ3v) is 5.31. The monoisotopic (exact) mass is 379 g/mol. The number of aryl methyl sites for hydroxylation is 1. The molecule has 0 saturated carbocycles. The summed E-state index contributed by atoms with van der Waals surface area (Å²) in [4.78, 5) is 0.174. The number of sulfonamides is 1. The van der Waals surface area contributed by atoms with Crippen molar-refractivity contribution in [1.82, 2.24) is 9.78 Å². The van der Waals surface area contributed by atoms with Crippen LogP contribution in [0.2, 0.25) is 5.02 Å². The maximum Gasteiger partial charge on any atom is 0.261 e. The van der Waals surface area contributed by atoms with Crippen LogP contribution in [0.3, 0.4) is 0 Å². The third kappa shape index (κ3) is 4.18. The molecule has 130 valence electrons. The van der Waals surface area contributed by atoms with E-state index in [1.165, 1.54) is 23.0 Å². The van der Waals surface area contributed by atoms with E-state index in [9.17, 15) is 12.8 Å². The Balaban J connectivity index is 1.76. The van der Waals surface area contributed by atoms with Gasteiger partial charge in [0.2, 0.25) is 0 Å². The van der Waals surface area contributed by atoms with Crippen LogP contribution in [0.15, 0.2) is 59.8 Å². The van der Waals surface area contributed by atoms with E-state index in [2.05, 4.69) is 9.82 Å². The number of benzene rings is 2. The highest BCUT2D eigenvalue weighted by atomic mass is 35.5. The first-order chi connectivity index (χ1) is 11.8. The number of nitrogens with one attached hydrogen (secondary N) is 1. The molecule has 5 nitrogen and oxygen atoms in total. The fourth-order valence-corrected chi connectivity index (χ4v) is 3.51. The lowest BCUT2D eigenvalue weighted by Crippen LogP contribution is -2.12. The maximum absolute atomic E-state index is 13.1. The van der Waals surface area contributed by atoms with E-state index in [0.717, 1.165) is 5.56 Å². The van der Waals surface area contributed by atoms with Gasteiger partial charge in [0, 0.05) is 11.2 Å². The van der Waals surface area contributed by atoms with Crippen molar-refractivity contribution in [2.75, 3.05) is 4.72 Å². The van der Waals surface area contributed by atoms with Gasteiger partial charge in [-0.2, -0.15) is 5.10 Å². The van der Waals surface area contributed by atoms with E-state index < -0.39 is 15.8 Å². The highest BCUT2D eigenvalue weighted by Gasteiger charge is 2.15. The summed E-state index contributed by atoms with van der Waals surface area (Å²) < 4.78 is 41.8. The summed E-state index contributed by atoms with van der Waals surface area (Å²) in [7, 11) is -3.68. The van der Waals surface area contributed by atoms with Gasteiger partial charge in [0.1, 0.15) is 5.82 Å². The van der Waals surface area contributed by atoms with Crippen LogP contribution in [0, 0.1) is 12.7 Å². The lowest BCUT2D eigenvalue weighted by molar-refractivity contribution is 0.601. The van der Waals surface area contributed by atoms with E-state index in [-0.39, 0.29) is 9.92 Å². The second kappa shape index (κ2) is 6.85. The van der Waals surface area contributed by atoms with Crippen LogP contribution >= 0.6 is 11.6 Å². The van der Waals surface area contributed by atoms with Gasteiger partial charge in [0.15, 0.2) is 0 Å². The highest BCUT2D eigenvalue weighted by molar-refractivity contribution is 7.92. The van der Waals surface area contributed by atoms with E-state index >= 15 is 0 Å². The van der Waals surface area contributed by atoms with Gasteiger partial charge < -0.3 is 0 Å². The first-order valence-electron chi connectivity index (χ1n) is 7.39. The average molecular weight is 380 g/mol. The van der Waals surface area contributed by atoms with Gasteiger partial charge >= 0.3 is 0 Å². The fourth-order valence-electron chi connectivity index (χ4n) is 2.26. The highest BCUT2D eigenvalue weighted by Crippen LogP contribution is 2.20. The predicted octanol–water partition coefficient (Wildman–Crippen LogP) is 3.83. The Kier molecular flexibility index (Phi) is 4.78. The SMILES string of the molecule is Cc1ccc(S(=O)(=O)Nc2cnn(Cc3ccc(F)cc3Cl)c2)cc1. The predicted molar refractivity (Wildman–Crippen MR) is 94.7 cm³/mol. The van der Waals surface area contributed by atoms with Crippen molar-refractivity contribution < 1.29 is 12.8 Å². The molecule has 0 bridgehead atoms. The Morgan fingerprint density at radius 1 is 1.20 bits per heavy atom. The number of nitrogens with zero attached hydrogens (tertiary/aromatic N) is 2. The zero-order valence-electron chi connectivity index (χ0n) is 13.3. The molecule has 8 heteroatoms. The van der Waals surface area contributed by atoms with Crippen molar-refractivity contribution in [3.05, 3.63) is 76.8 Å².